The molecule has 0 amide bonds. The van der Waals surface area contributed by atoms with Gasteiger partial charge < -0.3 is 14.6 Å². The summed E-state index contributed by atoms with van der Waals surface area (Å²) in [6.45, 7) is 0.714. The lowest BCUT2D eigenvalue weighted by atomic mass is 9.88. The highest BCUT2D eigenvalue weighted by Crippen LogP contribution is 2.43. The molecule has 1 saturated heterocycles. The molecular weight excluding hydrogens is 378 g/mol. The molecule has 4 rings (SSSR count). The zero-order valence-corrected chi connectivity index (χ0v) is 17.4. The molecule has 0 saturated carbocycles. The molecule has 0 radical (unpaired) electrons. The molecule has 0 spiro atoms. The minimum Gasteiger partial charge on any atom is -0.493 e. The SMILES string of the molecule is COc1cccc(C(c2cccc3ccccc23)N2CCCCC2C(=O)O)c1OC. The number of rotatable bonds is 6. The van der Waals surface area contributed by atoms with Gasteiger partial charge in [-0.1, -0.05) is 61.0 Å². The molecule has 0 aliphatic carbocycles. The Morgan fingerprint density at radius 1 is 0.967 bits per heavy atom. The molecule has 2 atom stereocenters. The molecule has 5 nitrogen and oxygen atoms in total. The number of hydrogen-bond acceptors (Lipinski definition) is 4. The van der Waals surface area contributed by atoms with E-state index in [-0.39, 0.29) is 6.04 Å². The Morgan fingerprint density at radius 3 is 2.47 bits per heavy atom. The first-order valence-electron chi connectivity index (χ1n) is 10.3. The maximum atomic E-state index is 12.2. The van der Waals surface area contributed by atoms with Crippen molar-refractivity contribution in [1.29, 1.82) is 0 Å². The van der Waals surface area contributed by atoms with Crippen molar-refractivity contribution in [1.82, 2.24) is 4.90 Å². The molecule has 1 aliphatic heterocycles. The van der Waals surface area contributed by atoms with E-state index in [1.165, 1.54) is 0 Å². The van der Waals surface area contributed by atoms with Gasteiger partial charge in [-0.05, 0) is 41.8 Å². The van der Waals surface area contributed by atoms with Crippen molar-refractivity contribution in [2.75, 3.05) is 20.8 Å². The third-order valence-corrected chi connectivity index (χ3v) is 6.01. The fraction of sp³-hybridized carbons (Fsp3) is 0.320. The standard InChI is InChI=1S/C25H27NO4/c1-29-22-15-8-13-20(24(22)30-2)23(26-16-6-5-14-21(26)25(27)28)19-12-7-10-17-9-3-4-11-18(17)19/h3-4,7-13,15,21,23H,5-6,14,16H2,1-2H3,(H,27,28). The second-order valence-electron chi connectivity index (χ2n) is 7.64. The molecule has 3 aromatic rings. The molecule has 1 fully saturated rings. The van der Waals surface area contributed by atoms with Crippen LogP contribution in [0.5, 0.6) is 11.5 Å². The second-order valence-corrected chi connectivity index (χ2v) is 7.64. The number of hydrogen-bond donors (Lipinski definition) is 1. The first-order valence-corrected chi connectivity index (χ1v) is 10.3. The number of ether oxygens (including phenoxy) is 2. The van der Waals surface area contributed by atoms with Crippen LogP contribution in [0.15, 0.2) is 60.7 Å². The van der Waals surface area contributed by atoms with Gasteiger partial charge in [-0.15, -0.1) is 0 Å². The average molecular weight is 405 g/mol. The predicted molar refractivity (Wildman–Crippen MR) is 117 cm³/mol. The summed E-state index contributed by atoms with van der Waals surface area (Å²) in [6, 6.07) is 19.5. The maximum absolute atomic E-state index is 12.2. The summed E-state index contributed by atoms with van der Waals surface area (Å²) in [5.74, 6) is 0.513. The van der Waals surface area contributed by atoms with Crippen LogP contribution >= 0.6 is 0 Å². The quantitative estimate of drug-likeness (QED) is 0.633. The van der Waals surface area contributed by atoms with Gasteiger partial charge in [0.05, 0.1) is 20.3 Å². The van der Waals surface area contributed by atoms with Crippen molar-refractivity contribution in [2.45, 2.75) is 31.3 Å². The van der Waals surface area contributed by atoms with Gasteiger partial charge >= 0.3 is 5.97 Å². The van der Waals surface area contributed by atoms with E-state index in [1.54, 1.807) is 14.2 Å². The van der Waals surface area contributed by atoms with E-state index in [0.29, 0.717) is 24.5 Å². The lowest BCUT2D eigenvalue weighted by Gasteiger charge is -2.40. The van der Waals surface area contributed by atoms with Gasteiger partial charge in [-0.3, -0.25) is 9.69 Å². The number of fused-ring (bicyclic) bond motifs is 1. The zero-order valence-electron chi connectivity index (χ0n) is 17.4. The number of benzene rings is 3. The highest BCUT2D eigenvalue weighted by atomic mass is 16.5. The summed E-state index contributed by atoms with van der Waals surface area (Å²) in [6.07, 6.45) is 2.53. The lowest BCUT2D eigenvalue weighted by Crippen LogP contribution is -2.47. The van der Waals surface area contributed by atoms with Crippen LogP contribution in [0.4, 0.5) is 0 Å². The zero-order chi connectivity index (χ0) is 21.1. The minimum absolute atomic E-state index is 0.262. The van der Waals surface area contributed by atoms with Gasteiger partial charge in [0.1, 0.15) is 6.04 Å². The second kappa shape index (κ2) is 8.76. The Morgan fingerprint density at radius 2 is 1.70 bits per heavy atom. The number of carboxylic acid groups (broad SMARTS) is 1. The largest absolute Gasteiger partial charge is 0.493 e. The highest BCUT2D eigenvalue weighted by Gasteiger charge is 2.37. The monoisotopic (exact) mass is 405 g/mol. The smallest absolute Gasteiger partial charge is 0.320 e. The highest BCUT2D eigenvalue weighted by molar-refractivity contribution is 5.87. The van der Waals surface area contributed by atoms with Crippen LogP contribution < -0.4 is 9.47 Å². The number of aliphatic carboxylic acids is 1. The Kier molecular flexibility index (Phi) is 5.91. The van der Waals surface area contributed by atoms with Gasteiger partial charge in [0.2, 0.25) is 0 Å². The molecular formula is C25H27NO4. The third kappa shape index (κ3) is 3.61. The van der Waals surface area contributed by atoms with E-state index in [0.717, 1.165) is 34.7 Å². The van der Waals surface area contributed by atoms with E-state index >= 15 is 0 Å². The molecule has 2 unspecified atom stereocenters. The molecule has 156 valence electrons. The summed E-state index contributed by atoms with van der Waals surface area (Å²) >= 11 is 0. The van der Waals surface area contributed by atoms with Gasteiger partial charge in [0, 0.05) is 5.56 Å². The molecule has 1 aliphatic rings. The van der Waals surface area contributed by atoms with Crippen molar-refractivity contribution >= 4 is 16.7 Å². The average Bonchev–Trinajstić information content (AvgIpc) is 2.79. The number of likely N-dealkylation sites (tertiary alicyclic amines) is 1. The summed E-state index contributed by atoms with van der Waals surface area (Å²) < 4.78 is 11.3. The normalized spacial score (nSPS) is 18.1. The van der Waals surface area contributed by atoms with E-state index in [1.807, 2.05) is 36.4 Å². The third-order valence-electron chi connectivity index (χ3n) is 6.01. The van der Waals surface area contributed by atoms with E-state index in [4.69, 9.17) is 9.47 Å². The summed E-state index contributed by atoms with van der Waals surface area (Å²) in [4.78, 5) is 14.3. The predicted octanol–water partition coefficient (Wildman–Crippen LogP) is 4.89. The molecule has 1 heterocycles. The first-order chi connectivity index (χ1) is 14.7. The Hall–Kier alpha value is -3.05. The van der Waals surface area contributed by atoms with E-state index in [2.05, 4.69) is 29.2 Å². The Bertz CT molecular complexity index is 1040. The summed E-state index contributed by atoms with van der Waals surface area (Å²) in [5.41, 5.74) is 1.99. The van der Waals surface area contributed by atoms with E-state index in [9.17, 15) is 9.90 Å². The van der Waals surface area contributed by atoms with Crippen LogP contribution in [0.2, 0.25) is 0 Å². The molecule has 0 bridgehead atoms. The van der Waals surface area contributed by atoms with Crippen molar-refractivity contribution in [3.05, 3.63) is 71.8 Å². The van der Waals surface area contributed by atoms with Crippen molar-refractivity contribution in [2.24, 2.45) is 0 Å². The number of para-hydroxylation sites is 1. The summed E-state index contributed by atoms with van der Waals surface area (Å²) in [5, 5.41) is 12.2. The van der Waals surface area contributed by atoms with Crippen LogP contribution in [-0.4, -0.2) is 42.8 Å². The number of piperidine rings is 1. The molecule has 1 N–H and O–H groups in total. The molecule has 3 aromatic carbocycles. The summed E-state index contributed by atoms with van der Waals surface area (Å²) in [7, 11) is 3.25. The number of carbonyl (C=O) groups is 1. The van der Waals surface area contributed by atoms with Crippen molar-refractivity contribution < 1.29 is 19.4 Å². The van der Waals surface area contributed by atoms with Gasteiger partial charge in [-0.25, -0.2) is 0 Å². The topological polar surface area (TPSA) is 59.0 Å². The van der Waals surface area contributed by atoms with Crippen LogP contribution in [0.25, 0.3) is 10.8 Å². The van der Waals surface area contributed by atoms with Crippen LogP contribution in [-0.2, 0) is 4.79 Å². The number of nitrogens with zero attached hydrogens (tertiary/aromatic N) is 1. The van der Waals surface area contributed by atoms with Gasteiger partial charge in [-0.2, -0.15) is 0 Å². The Labute approximate surface area is 176 Å². The fourth-order valence-electron chi connectivity index (χ4n) is 4.67. The van der Waals surface area contributed by atoms with Gasteiger partial charge in [0.15, 0.2) is 11.5 Å². The van der Waals surface area contributed by atoms with Crippen molar-refractivity contribution in [3.63, 3.8) is 0 Å². The van der Waals surface area contributed by atoms with Crippen LogP contribution in [0.1, 0.15) is 36.4 Å². The first kappa shape index (κ1) is 20.2. The molecule has 30 heavy (non-hydrogen) atoms. The molecule has 5 heteroatoms. The number of carboxylic acids is 1. The van der Waals surface area contributed by atoms with Gasteiger partial charge in [0.25, 0.3) is 0 Å². The lowest BCUT2D eigenvalue weighted by molar-refractivity contribution is -0.145. The van der Waals surface area contributed by atoms with Crippen LogP contribution in [0.3, 0.4) is 0 Å². The number of methoxy groups -OCH3 is 2. The minimum atomic E-state index is -0.776. The Balaban J connectivity index is 1.98. The fourth-order valence-corrected chi connectivity index (χ4v) is 4.67. The maximum Gasteiger partial charge on any atom is 0.320 e. The van der Waals surface area contributed by atoms with Crippen LogP contribution in [0, 0.1) is 0 Å². The van der Waals surface area contributed by atoms with Crippen molar-refractivity contribution in [3.8, 4) is 11.5 Å². The van der Waals surface area contributed by atoms with E-state index < -0.39 is 12.0 Å². The molecule has 0 aromatic heterocycles.